The molecule has 13 heavy (non-hydrogen) atoms. The van der Waals surface area contributed by atoms with Crippen LogP contribution in [0.15, 0.2) is 0 Å². The fraction of sp³-hybridized carbons (Fsp3) is 0.625. The summed E-state index contributed by atoms with van der Waals surface area (Å²) in [5.41, 5.74) is 0. The van der Waals surface area contributed by atoms with Gasteiger partial charge in [0.15, 0.2) is 11.9 Å². The van der Waals surface area contributed by atoms with Gasteiger partial charge < -0.3 is 9.84 Å². The summed E-state index contributed by atoms with van der Waals surface area (Å²) in [6.45, 7) is 2.75. The molecule has 1 N–H and O–H groups in total. The average Bonchev–Trinajstić information content (AvgIpc) is 2.00. The zero-order valence-corrected chi connectivity index (χ0v) is 7.57. The second kappa shape index (κ2) is 5.29. The van der Waals surface area contributed by atoms with Crippen molar-refractivity contribution in [3.8, 4) is 0 Å². The number of esters is 1. The number of ketones is 1. The quantitative estimate of drug-likeness (QED) is 0.630. The van der Waals surface area contributed by atoms with Crippen molar-refractivity contribution in [1.29, 1.82) is 0 Å². The predicted molar refractivity (Wildman–Crippen MR) is 43.1 cm³/mol. The predicted octanol–water partition coefficient (Wildman–Crippen LogP) is 0.372. The Morgan fingerprint density at radius 1 is 1.31 bits per heavy atom. The molecule has 0 aliphatic rings. The molecule has 0 bridgehead atoms. The monoisotopic (exact) mass is 188 g/mol. The third-order valence-electron chi connectivity index (χ3n) is 1.42. The van der Waals surface area contributed by atoms with E-state index in [4.69, 9.17) is 5.11 Å². The maximum atomic E-state index is 10.8. The first-order valence-corrected chi connectivity index (χ1v) is 3.85. The van der Waals surface area contributed by atoms with E-state index in [1.807, 2.05) is 0 Å². The van der Waals surface area contributed by atoms with E-state index >= 15 is 0 Å². The van der Waals surface area contributed by atoms with Gasteiger partial charge in [-0.05, 0) is 13.8 Å². The number of carboxylic acids is 1. The molecule has 74 valence electrons. The van der Waals surface area contributed by atoms with Crippen LogP contribution in [0.1, 0.15) is 26.7 Å². The summed E-state index contributed by atoms with van der Waals surface area (Å²) >= 11 is 0. The maximum absolute atomic E-state index is 10.8. The van der Waals surface area contributed by atoms with Crippen LogP contribution in [0.4, 0.5) is 0 Å². The van der Waals surface area contributed by atoms with Gasteiger partial charge in [-0.1, -0.05) is 0 Å². The minimum atomic E-state index is -1.06. The standard InChI is InChI=1S/C8H12O5/c1-5(9)6(2)13-8(12)4-3-7(10)11/h6H,3-4H2,1-2H3,(H,10,11)/t6-/m0/s1. The van der Waals surface area contributed by atoms with Crippen LogP contribution in [0.25, 0.3) is 0 Å². The molecule has 5 nitrogen and oxygen atoms in total. The van der Waals surface area contributed by atoms with Crippen molar-refractivity contribution in [1.82, 2.24) is 0 Å². The van der Waals surface area contributed by atoms with Crippen LogP contribution in [0.5, 0.6) is 0 Å². The zero-order chi connectivity index (χ0) is 10.4. The molecule has 0 aliphatic carbocycles. The molecule has 0 fully saturated rings. The van der Waals surface area contributed by atoms with Crippen molar-refractivity contribution >= 4 is 17.7 Å². The molecular weight excluding hydrogens is 176 g/mol. The first-order valence-electron chi connectivity index (χ1n) is 3.85. The third-order valence-corrected chi connectivity index (χ3v) is 1.42. The molecule has 0 amide bonds. The molecule has 0 aromatic carbocycles. The van der Waals surface area contributed by atoms with E-state index in [1.54, 1.807) is 0 Å². The van der Waals surface area contributed by atoms with Crippen molar-refractivity contribution in [2.75, 3.05) is 0 Å². The van der Waals surface area contributed by atoms with Gasteiger partial charge in [0.1, 0.15) is 0 Å². The van der Waals surface area contributed by atoms with Crippen molar-refractivity contribution in [2.24, 2.45) is 0 Å². The van der Waals surface area contributed by atoms with E-state index in [-0.39, 0.29) is 18.6 Å². The topological polar surface area (TPSA) is 80.7 Å². The van der Waals surface area contributed by atoms with Gasteiger partial charge in [0.25, 0.3) is 0 Å². The molecular formula is C8H12O5. The van der Waals surface area contributed by atoms with Crippen LogP contribution in [0.3, 0.4) is 0 Å². The summed E-state index contributed by atoms with van der Waals surface area (Å²) < 4.78 is 4.61. The van der Waals surface area contributed by atoms with Gasteiger partial charge in [0.2, 0.25) is 0 Å². The Morgan fingerprint density at radius 3 is 2.23 bits per heavy atom. The molecule has 5 heteroatoms. The SMILES string of the molecule is CC(=O)[C@H](C)OC(=O)CCC(=O)O. The third kappa shape index (κ3) is 5.84. The van der Waals surface area contributed by atoms with Crippen molar-refractivity contribution < 1.29 is 24.2 Å². The van der Waals surface area contributed by atoms with E-state index in [2.05, 4.69) is 4.74 Å². The number of aliphatic carboxylic acids is 1. The molecule has 0 radical (unpaired) electrons. The maximum Gasteiger partial charge on any atom is 0.307 e. The van der Waals surface area contributed by atoms with Crippen LogP contribution in [-0.4, -0.2) is 28.9 Å². The molecule has 0 spiro atoms. The molecule has 0 heterocycles. The van der Waals surface area contributed by atoms with Gasteiger partial charge in [-0.15, -0.1) is 0 Å². The average molecular weight is 188 g/mol. The summed E-state index contributed by atoms with van der Waals surface area (Å²) in [6, 6.07) is 0. The lowest BCUT2D eigenvalue weighted by Gasteiger charge is -2.08. The first kappa shape index (κ1) is 11.6. The normalized spacial score (nSPS) is 11.8. The van der Waals surface area contributed by atoms with E-state index in [1.165, 1.54) is 13.8 Å². The second-order valence-electron chi connectivity index (χ2n) is 2.64. The molecule has 0 aliphatic heterocycles. The van der Waals surface area contributed by atoms with Crippen LogP contribution < -0.4 is 0 Å². The van der Waals surface area contributed by atoms with Crippen LogP contribution >= 0.6 is 0 Å². The van der Waals surface area contributed by atoms with Gasteiger partial charge >= 0.3 is 11.9 Å². The van der Waals surface area contributed by atoms with Crippen LogP contribution in [0.2, 0.25) is 0 Å². The first-order chi connectivity index (χ1) is 5.93. The van der Waals surface area contributed by atoms with Gasteiger partial charge in [-0.3, -0.25) is 14.4 Å². The minimum Gasteiger partial charge on any atom is -0.481 e. The number of hydrogen-bond acceptors (Lipinski definition) is 4. The summed E-state index contributed by atoms with van der Waals surface area (Å²) in [7, 11) is 0. The van der Waals surface area contributed by atoms with Crippen molar-refractivity contribution in [2.45, 2.75) is 32.8 Å². The fourth-order valence-electron chi connectivity index (χ4n) is 0.548. The smallest absolute Gasteiger partial charge is 0.307 e. The van der Waals surface area contributed by atoms with E-state index in [9.17, 15) is 14.4 Å². The molecule has 0 rings (SSSR count). The number of carbonyl (C=O) groups excluding carboxylic acids is 2. The molecule has 0 unspecified atom stereocenters. The number of ether oxygens (including phenoxy) is 1. The van der Waals surface area contributed by atoms with Gasteiger partial charge in [0, 0.05) is 0 Å². The Kier molecular flexibility index (Phi) is 4.72. The van der Waals surface area contributed by atoms with Gasteiger partial charge in [-0.2, -0.15) is 0 Å². The number of carbonyl (C=O) groups is 3. The van der Waals surface area contributed by atoms with E-state index < -0.39 is 18.0 Å². The highest BCUT2D eigenvalue weighted by Crippen LogP contribution is 1.98. The summed E-state index contributed by atoms with van der Waals surface area (Å²) in [5, 5.41) is 8.23. The second-order valence-corrected chi connectivity index (χ2v) is 2.64. The molecule has 0 saturated carbocycles. The lowest BCUT2D eigenvalue weighted by molar-refractivity contribution is -0.155. The lowest BCUT2D eigenvalue weighted by atomic mass is 10.3. The summed E-state index contributed by atoms with van der Waals surface area (Å²) in [6.07, 6.45) is -1.27. The molecule has 0 aromatic heterocycles. The Labute approximate surface area is 75.7 Å². The minimum absolute atomic E-state index is 0.201. The Morgan fingerprint density at radius 2 is 1.85 bits per heavy atom. The highest BCUT2D eigenvalue weighted by molar-refractivity contribution is 5.83. The molecule has 0 saturated heterocycles. The fourth-order valence-corrected chi connectivity index (χ4v) is 0.548. The number of hydrogen-bond donors (Lipinski definition) is 1. The Bertz CT molecular complexity index is 221. The van der Waals surface area contributed by atoms with E-state index in [0.29, 0.717) is 0 Å². The van der Waals surface area contributed by atoms with Crippen molar-refractivity contribution in [3.05, 3.63) is 0 Å². The lowest BCUT2D eigenvalue weighted by Crippen LogP contribution is -2.22. The Balaban J connectivity index is 3.74. The summed E-state index contributed by atoms with van der Waals surface area (Å²) in [5.74, 6) is -1.98. The summed E-state index contributed by atoms with van der Waals surface area (Å²) in [4.78, 5) is 31.5. The highest BCUT2D eigenvalue weighted by atomic mass is 16.5. The van der Waals surface area contributed by atoms with Gasteiger partial charge in [0.05, 0.1) is 12.8 Å². The van der Waals surface area contributed by atoms with Crippen molar-refractivity contribution in [3.63, 3.8) is 0 Å². The molecule has 0 aromatic rings. The zero-order valence-electron chi connectivity index (χ0n) is 7.57. The largest absolute Gasteiger partial charge is 0.481 e. The van der Waals surface area contributed by atoms with Crippen LogP contribution in [-0.2, 0) is 19.1 Å². The highest BCUT2D eigenvalue weighted by Gasteiger charge is 2.14. The van der Waals surface area contributed by atoms with Gasteiger partial charge in [-0.25, -0.2) is 0 Å². The Hall–Kier alpha value is -1.39. The number of Topliss-reactive ketones (excluding diaryl/α,β-unsaturated/α-hetero) is 1. The number of carboxylic acid groups (broad SMARTS) is 1. The number of rotatable bonds is 5. The van der Waals surface area contributed by atoms with Crippen LogP contribution in [0, 0.1) is 0 Å². The molecule has 1 atom stereocenters. The van der Waals surface area contributed by atoms with E-state index in [0.717, 1.165) is 0 Å².